The number of hydrogen-bond acceptors (Lipinski definition) is 2. The van der Waals surface area contributed by atoms with Gasteiger partial charge in [-0.2, -0.15) is 0 Å². The Kier molecular flexibility index (Phi) is 2.81. The van der Waals surface area contributed by atoms with Crippen molar-refractivity contribution in [2.75, 3.05) is 5.73 Å². The van der Waals surface area contributed by atoms with Crippen molar-refractivity contribution in [2.24, 2.45) is 0 Å². The zero-order valence-corrected chi connectivity index (χ0v) is 7.00. The average molecular weight is 199 g/mol. The van der Waals surface area contributed by atoms with Crippen molar-refractivity contribution < 1.29 is 18.7 Å². The van der Waals surface area contributed by atoms with E-state index in [1.165, 1.54) is 12.1 Å². The van der Waals surface area contributed by atoms with Gasteiger partial charge in [-0.15, -0.1) is 0 Å². The molecule has 0 amide bonds. The lowest BCUT2D eigenvalue weighted by molar-refractivity contribution is -0.131. The fourth-order valence-corrected chi connectivity index (χ4v) is 0.869. The zero-order valence-electron chi connectivity index (χ0n) is 7.00. The van der Waals surface area contributed by atoms with E-state index >= 15 is 0 Å². The highest BCUT2D eigenvalue weighted by atomic mass is 19.2. The first-order chi connectivity index (χ1) is 6.52. The molecule has 0 saturated heterocycles. The van der Waals surface area contributed by atoms with Crippen LogP contribution in [0.1, 0.15) is 5.56 Å². The molecule has 1 rings (SSSR count). The van der Waals surface area contributed by atoms with Gasteiger partial charge in [0, 0.05) is 11.6 Å². The van der Waals surface area contributed by atoms with E-state index in [1.54, 1.807) is 0 Å². The highest BCUT2D eigenvalue weighted by molar-refractivity contribution is 5.85. The van der Waals surface area contributed by atoms with Crippen LogP contribution in [0.25, 0.3) is 6.08 Å². The summed E-state index contributed by atoms with van der Waals surface area (Å²) >= 11 is 0. The number of carbonyl (C=O) groups is 1. The van der Waals surface area contributed by atoms with E-state index in [-0.39, 0.29) is 11.3 Å². The number of anilines is 1. The van der Waals surface area contributed by atoms with Crippen LogP contribution in [0.15, 0.2) is 18.2 Å². The summed E-state index contributed by atoms with van der Waals surface area (Å²) in [5, 5.41) is 8.26. The fraction of sp³-hybridized carbons (Fsp3) is 0. The van der Waals surface area contributed by atoms with Crippen LogP contribution < -0.4 is 5.73 Å². The van der Waals surface area contributed by atoms with Crippen LogP contribution in [0, 0.1) is 11.6 Å². The maximum absolute atomic E-state index is 13.0. The molecule has 0 aliphatic carbocycles. The summed E-state index contributed by atoms with van der Waals surface area (Å²) in [7, 11) is 0. The standard InChI is InChI=1S/C9H7F2NO2/c10-8-5(2-4-7(13)14)1-3-6(12)9(8)11/h1-4H,12H2,(H,13,14). The minimum atomic E-state index is -1.23. The summed E-state index contributed by atoms with van der Waals surface area (Å²) in [6, 6.07) is 2.37. The Balaban J connectivity index is 3.12. The van der Waals surface area contributed by atoms with Gasteiger partial charge >= 0.3 is 5.97 Å². The first kappa shape index (κ1) is 10.2. The molecule has 0 radical (unpaired) electrons. The molecule has 0 aliphatic heterocycles. The lowest BCUT2D eigenvalue weighted by Crippen LogP contribution is -1.96. The molecule has 0 unspecified atom stereocenters. The summed E-state index contributed by atoms with van der Waals surface area (Å²) in [6.07, 6.45) is 1.67. The molecule has 0 aromatic heterocycles. The highest BCUT2D eigenvalue weighted by Crippen LogP contribution is 2.18. The van der Waals surface area contributed by atoms with Crippen molar-refractivity contribution in [3.8, 4) is 0 Å². The lowest BCUT2D eigenvalue weighted by atomic mass is 10.1. The monoisotopic (exact) mass is 199 g/mol. The van der Waals surface area contributed by atoms with Crippen molar-refractivity contribution in [1.29, 1.82) is 0 Å². The molecule has 74 valence electrons. The molecule has 0 saturated carbocycles. The van der Waals surface area contributed by atoms with Crippen molar-refractivity contribution in [2.45, 2.75) is 0 Å². The Morgan fingerprint density at radius 1 is 1.36 bits per heavy atom. The number of benzene rings is 1. The fourth-order valence-electron chi connectivity index (χ4n) is 0.869. The van der Waals surface area contributed by atoms with Crippen LogP contribution in [-0.4, -0.2) is 11.1 Å². The predicted molar refractivity (Wildman–Crippen MR) is 47.4 cm³/mol. The van der Waals surface area contributed by atoms with E-state index < -0.39 is 17.6 Å². The molecule has 1 aromatic rings. The van der Waals surface area contributed by atoms with Gasteiger partial charge in [-0.25, -0.2) is 13.6 Å². The van der Waals surface area contributed by atoms with E-state index in [0.717, 1.165) is 6.08 Å². The molecule has 3 N–H and O–H groups in total. The largest absolute Gasteiger partial charge is 0.478 e. The van der Waals surface area contributed by atoms with E-state index in [2.05, 4.69) is 0 Å². The van der Waals surface area contributed by atoms with Crippen LogP contribution in [0.5, 0.6) is 0 Å². The number of nitrogen functional groups attached to an aromatic ring is 1. The van der Waals surface area contributed by atoms with Gasteiger partial charge < -0.3 is 10.8 Å². The second-order valence-electron chi connectivity index (χ2n) is 2.54. The SMILES string of the molecule is Nc1ccc(C=CC(=O)O)c(F)c1F. The van der Waals surface area contributed by atoms with Gasteiger partial charge in [-0.3, -0.25) is 0 Å². The van der Waals surface area contributed by atoms with E-state index in [4.69, 9.17) is 10.8 Å². The number of hydrogen-bond donors (Lipinski definition) is 2. The Labute approximate surface area is 78.5 Å². The third-order valence-corrected chi connectivity index (χ3v) is 1.55. The number of aliphatic carboxylic acids is 1. The predicted octanol–water partition coefficient (Wildman–Crippen LogP) is 1.64. The second-order valence-corrected chi connectivity index (χ2v) is 2.54. The topological polar surface area (TPSA) is 63.3 Å². The Morgan fingerprint density at radius 3 is 2.57 bits per heavy atom. The molecule has 0 atom stereocenters. The van der Waals surface area contributed by atoms with Crippen molar-refractivity contribution in [3.05, 3.63) is 35.4 Å². The summed E-state index contributed by atoms with van der Waals surface area (Å²) in [4.78, 5) is 10.1. The summed E-state index contributed by atoms with van der Waals surface area (Å²) in [5.41, 5.74) is 4.63. The summed E-state index contributed by atoms with van der Waals surface area (Å²) < 4.78 is 25.8. The van der Waals surface area contributed by atoms with Gasteiger partial charge in [0.2, 0.25) is 0 Å². The third-order valence-electron chi connectivity index (χ3n) is 1.55. The normalized spacial score (nSPS) is 10.7. The van der Waals surface area contributed by atoms with E-state index in [0.29, 0.717) is 6.08 Å². The van der Waals surface area contributed by atoms with Crippen LogP contribution in [0.3, 0.4) is 0 Å². The molecular weight excluding hydrogens is 192 g/mol. The highest BCUT2D eigenvalue weighted by Gasteiger charge is 2.09. The summed E-state index contributed by atoms with van der Waals surface area (Å²) in [6.45, 7) is 0. The Hall–Kier alpha value is -1.91. The van der Waals surface area contributed by atoms with E-state index in [9.17, 15) is 13.6 Å². The quantitative estimate of drug-likeness (QED) is 0.562. The van der Waals surface area contributed by atoms with Crippen LogP contribution in [-0.2, 0) is 4.79 Å². The van der Waals surface area contributed by atoms with E-state index in [1.807, 2.05) is 0 Å². The molecule has 5 heteroatoms. The zero-order chi connectivity index (χ0) is 10.7. The van der Waals surface area contributed by atoms with Crippen LogP contribution in [0.2, 0.25) is 0 Å². The first-order valence-corrected chi connectivity index (χ1v) is 3.67. The van der Waals surface area contributed by atoms with Crippen LogP contribution in [0.4, 0.5) is 14.5 Å². The number of carboxylic acid groups (broad SMARTS) is 1. The third kappa shape index (κ3) is 2.07. The molecule has 0 bridgehead atoms. The number of carboxylic acids is 1. The Morgan fingerprint density at radius 2 is 2.00 bits per heavy atom. The van der Waals surface area contributed by atoms with Crippen LogP contribution >= 0.6 is 0 Å². The lowest BCUT2D eigenvalue weighted by Gasteiger charge is -2.00. The molecule has 14 heavy (non-hydrogen) atoms. The van der Waals surface area contributed by atoms with Gasteiger partial charge in [-0.05, 0) is 18.2 Å². The maximum atomic E-state index is 13.0. The Bertz CT molecular complexity index is 402. The van der Waals surface area contributed by atoms with Gasteiger partial charge in [0.05, 0.1) is 5.69 Å². The van der Waals surface area contributed by atoms with Gasteiger partial charge in [-0.1, -0.05) is 0 Å². The minimum Gasteiger partial charge on any atom is -0.478 e. The minimum absolute atomic E-state index is 0.154. The van der Waals surface area contributed by atoms with Crippen molar-refractivity contribution >= 4 is 17.7 Å². The maximum Gasteiger partial charge on any atom is 0.328 e. The van der Waals surface area contributed by atoms with Gasteiger partial charge in [0.15, 0.2) is 11.6 Å². The van der Waals surface area contributed by atoms with Gasteiger partial charge in [0.25, 0.3) is 0 Å². The smallest absolute Gasteiger partial charge is 0.328 e. The molecule has 0 heterocycles. The van der Waals surface area contributed by atoms with Gasteiger partial charge in [0.1, 0.15) is 0 Å². The van der Waals surface area contributed by atoms with Crippen molar-refractivity contribution in [3.63, 3.8) is 0 Å². The molecular formula is C9H7F2NO2. The second kappa shape index (κ2) is 3.87. The van der Waals surface area contributed by atoms with Crippen molar-refractivity contribution in [1.82, 2.24) is 0 Å². The number of rotatable bonds is 2. The molecule has 1 aromatic carbocycles. The average Bonchev–Trinajstić information content (AvgIpc) is 2.13. The summed E-state index contributed by atoms with van der Waals surface area (Å²) in [5.74, 6) is -3.55. The first-order valence-electron chi connectivity index (χ1n) is 3.67. The number of halogens is 2. The molecule has 0 spiro atoms. The molecule has 3 nitrogen and oxygen atoms in total. The molecule has 0 fully saturated rings. The number of nitrogens with two attached hydrogens (primary N) is 1. The molecule has 0 aliphatic rings.